The van der Waals surface area contributed by atoms with Gasteiger partial charge in [0.2, 0.25) is 5.91 Å². The van der Waals surface area contributed by atoms with E-state index in [9.17, 15) is 27.2 Å². The Balaban J connectivity index is 2.10. The van der Waals surface area contributed by atoms with E-state index in [1.54, 1.807) is 20.8 Å². The molecular weight excluding hydrogens is 470 g/mol. The van der Waals surface area contributed by atoms with Crippen molar-refractivity contribution in [1.82, 2.24) is 15.6 Å². The van der Waals surface area contributed by atoms with Crippen molar-refractivity contribution in [3.63, 3.8) is 0 Å². The number of nitrogens with two attached hydrogens (primary N) is 1. The van der Waals surface area contributed by atoms with E-state index >= 15 is 0 Å². The van der Waals surface area contributed by atoms with Crippen LogP contribution in [-0.4, -0.2) is 47.4 Å². The third kappa shape index (κ3) is 9.60. The van der Waals surface area contributed by atoms with Crippen molar-refractivity contribution in [2.24, 2.45) is 17.6 Å². The molecule has 2 rings (SSSR count). The molecule has 0 aliphatic heterocycles. The highest BCUT2D eigenvalue weighted by Crippen LogP contribution is 2.31. The Morgan fingerprint density at radius 1 is 1.20 bits per heavy atom. The molecule has 12 heteroatoms. The monoisotopic (exact) mass is 505 g/mol. The van der Waals surface area contributed by atoms with E-state index in [1.807, 2.05) is 0 Å². The van der Waals surface area contributed by atoms with Crippen LogP contribution in [0.3, 0.4) is 0 Å². The molecule has 1 saturated carbocycles. The van der Waals surface area contributed by atoms with E-state index in [0.717, 1.165) is 31.9 Å². The lowest BCUT2D eigenvalue weighted by Crippen LogP contribution is -2.50. The van der Waals surface area contributed by atoms with Crippen LogP contribution in [0.2, 0.25) is 0 Å². The van der Waals surface area contributed by atoms with Gasteiger partial charge in [-0.15, -0.1) is 0 Å². The summed E-state index contributed by atoms with van der Waals surface area (Å²) in [6, 6.07) is -1.76. The van der Waals surface area contributed by atoms with Crippen molar-refractivity contribution in [3.8, 4) is 0 Å². The Morgan fingerprint density at radius 2 is 1.83 bits per heavy atom. The van der Waals surface area contributed by atoms with Crippen molar-refractivity contribution in [2.75, 3.05) is 11.9 Å². The summed E-state index contributed by atoms with van der Waals surface area (Å²) in [6.07, 6.45) is -1.13. The van der Waals surface area contributed by atoms with Crippen LogP contribution in [-0.2, 0) is 16.1 Å². The average Bonchev–Trinajstić information content (AvgIpc) is 2.73. The number of nitrogens with zero attached hydrogens (tertiary/aromatic N) is 1. The molecular formula is C23H35F4N5O3. The topological polar surface area (TPSA) is 118 Å². The summed E-state index contributed by atoms with van der Waals surface area (Å²) in [7, 11) is 0. The number of aromatic nitrogens is 1. The average molecular weight is 506 g/mol. The van der Waals surface area contributed by atoms with Crippen LogP contribution >= 0.6 is 0 Å². The number of anilines is 1. The lowest BCUT2D eigenvalue weighted by atomic mass is 9.79. The molecule has 0 radical (unpaired) electrons. The van der Waals surface area contributed by atoms with Gasteiger partial charge in [0.15, 0.2) is 0 Å². The first-order valence-electron chi connectivity index (χ1n) is 11.6. The summed E-state index contributed by atoms with van der Waals surface area (Å²) in [4.78, 5) is 29.4. The van der Waals surface area contributed by atoms with Crippen LogP contribution in [0.15, 0.2) is 12.3 Å². The van der Waals surface area contributed by atoms with Crippen molar-refractivity contribution in [2.45, 2.75) is 83.8 Å². The number of carbonyl (C=O) groups excluding carboxylic acids is 2. The Morgan fingerprint density at radius 3 is 2.40 bits per heavy atom. The number of ether oxygens (including phenoxy) is 1. The Kier molecular flexibility index (Phi) is 9.85. The molecule has 0 bridgehead atoms. The fraction of sp³-hybridized carbons (Fsp3) is 0.696. The standard InChI is InChI=1S/C23H35F4N5O3/c1-13-5-7-14(8-6-13)19(32-21(34)35-22(2,3)4)20(33)31-18-9-15(16(24)11-30-18)10-29-12-17(28)23(25,26)27/h9,11,13-14,17,19,29H,5-8,10,12,28H2,1-4H3,(H,32,34)(H,30,31,33)/t13?,14?,17-,19?/m0/s1. The molecule has 1 aliphatic rings. The molecule has 1 fully saturated rings. The van der Waals surface area contributed by atoms with Gasteiger partial charge in [-0.1, -0.05) is 19.8 Å². The summed E-state index contributed by atoms with van der Waals surface area (Å²) in [5, 5.41) is 7.70. The summed E-state index contributed by atoms with van der Waals surface area (Å²) in [6.45, 7) is 6.42. The van der Waals surface area contributed by atoms with Gasteiger partial charge in [0.05, 0.1) is 6.20 Å². The van der Waals surface area contributed by atoms with Crippen molar-refractivity contribution in [3.05, 3.63) is 23.6 Å². The molecule has 1 aliphatic carbocycles. The largest absolute Gasteiger partial charge is 0.444 e. The van der Waals surface area contributed by atoms with Gasteiger partial charge in [-0.05, 0) is 51.5 Å². The Hall–Kier alpha value is -2.47. The second-order valence-electron chi connectivity index (χ2n) is 10.1. The van der Waals surface area contributed by atoms with E-state index in [0.29, 0.717) is 5.92 Å². The minimum absolute atomic E-state index is 0.00724. The van der Waals surface area contributed by atoms with E-state index < -0.39 is 48.2 Å². The third-order valence-electron chi connectivity index (χ3n) is 5.77. The number of hydrogen-bond acceptors (Lipinski definition) is 6. The molecule has 1 aromatic heterocycles. The summed E-state index contributed by atoms with van der Waals surface area (Å²) >= 11 is 0. The molecule has 2 atom stereocenters. The molecule has 1 aromatic rings. The number of alkyl carbamates (subject to hydrolysis) is 1. The first-order chi connectivity index (χ1) is 16.2. The molecule has 0 saturated heterocycles. The Bertz CT molecular complexity index is 868. The lowest BCUT2D eigenvalue weighted by molar-refractivity contribution is -0.146. The quantitative estimate of drug-likeness (QED) is 0.399. The smallest absolute Gasteiger partial charge is 0.408 e. The number of carbonyl (C=O) groups is 2. The van der Waals surface area contributed by atoms with Gasteiger partial charge in [-0.25, -0.2) is 14.2 Å². The number of hydrogen-bond donors (Lipinski definition) is 4. The van der Waals surface area contributed by atoms with E-state index in [2.05, 4.69) is 27.9 Å². The zero-order chi connectivity index (χ0) is 26.4. The fourth-order valence-electron chi connectivity index (χ4n) is 3.82. The fourth-order valence-corrected chi connectivity index (χ4v) is 3.82. The molecule has 0 aromatic carbocycles. The van der Waals surface area contributed by atoms with Gasteiger partial charge in [0, 0.05) is 18.7 Å². The van der Waals surface area contributed by atoms with Crippen molar-refractivity contribution in [1.29, 1.82) is 0 Å². The number of rotatable bonds is 8. The third-order valence-corrected chi connectivity index (χ3v) is 5.77. The summed E-state index contributed by atoms with van der Waals surface area (Å²) in [5.74, 6) is -0.873. The molecule has 1 heterocycles. The van der Waals surface area contributed by atoms with Crippen LogP contribution in [0.5, 0.6) is 0 Å². The van der Waals surface area contributed by atoms with Crippen LogP contribution in [0.25, 0.3) is 0 Å². The van der Waals surface area contributed by atoms with Crippen molar-refractivity contribution < 1.29 is 31.9 Å². The second-order valence-corrected chi connectivity index (χ2v) is 10.1. The number of pyridine rings is 1. The van der Waals surface area contributed by atoms with Gasteiger partial charge < -0.3 is 26.4 Å². The van der Waals surface area contributed by atoms with Crippen LogP contribution in [0.4, 0.5) is 28.2 Å². The van der Waals surface area contributed by atoms with Gasteiger partial charge in [-0.2, -0.15) is 13.2 Å². The maximum absolute atomic E-state index is 14.1. The molecule has 5 N–H and O–H groups in total. The predicted octanol–water partition coefficient (Wildman–Crippen LogP) is 3.86. The zero-order valence-corrected chi connectivity index (χ0v) is 20.5. The van der Waals surface area contributed by atoms with Crippen LogP contribution < -0.4 is 21.7 Å². The van der Waals surface area contributed by atoms with Gasteiger partial charge >= 0.3 is 12.3 Å². The van der Waals surface area contributed by atoms with E-state index in [4.69, 9.17) is 10.5 Å². The first kappa shape index (κ1) is 28.8. The highest BCUT2D eigenvalue weighted by Gasteiger charge is 2.36. The number of nitrogens with one attached hydrogen (secondary N) is 3. The maximum atomic E-state index is 14.1. The molecule has 198 valence electrons. The number of halogens is 4. The zero-order valence-electron chi connectivity index (χ0n) is 20.5. The highest BCUT2D eigenvalue weighted by molar-refractivity contribution is 5.96. The van der Waals surface area contributed by atoms with Gasteiger partial charge in [0.25, 0.3) is 0 Å². The maximum Gasteiger partial charge on any atom is 0.408 e. The van der Waals surface area contributed by atoms with Crippen LogP contribution in [0, 0.1) is 17.7 Å². The summed E-state index contributed by atoms with van der Waals surface area (Å²) < 4.78 is 57.1. The minimum Gasteiger partial charge on any atom is -0.444 e. The molecule has 8 nitrogen and oxygen atoms in total. The molecule has 0 spiro atoms. The number of alkyl halides is 3. The molecule has 1 unspecified atom stereocenters. The highest BCUT2D eigenvalue weighted by atomic mass is 19.4. The Labute approximate surface area is 202 Å². The second kappa shape index (κ2) is 12.0. The van der Waals surface area contributed by atoms with Crippen molar-refractivity contribution >= 4 is 17.8 Å². The minimum atomic E-state index is -4.57. The SMILES string of the molecule is CC1CCC(C(NC(=O)OC(C)(C)C)C(=O)Nc2cc(CNC[C@H](N)C(F)(F)F)c(F)cn2)CC1. The van der Waals surface area contributed by atoms with Crippen LogP contribution in [0.1, 0.15) is 58.9 Å². The molecule has 35 heavy (non-hydrogen) atoms. The lowest BCUT2D eigenvalue weighted by Gasteiger charge is -2.32. The van der Waals surface area contributed by atoms with E-state index in [1.165, 1.54) is 6.07 Å². The first-order valence-corrected chi connectivity index (χ1v) is 11.6. The number of amides is 2. The van der Waals surface area contributed by atoms with Gasteiger partial charge in [0.1, 0.15) is 29.3 Å². The van der Waals surface area contributed by atoms with E-state index in [-0.39, 0.29) is 23.8 Å². The summed E-state index contributed by atoms with van der Waals surface area (Å²) in [5.41, 5.74) is 4.30. The normalized spacial score (nSPS) is 20.6. The molecule has 2 amide bonds. The predicted molar refractivity (Wildman–Crippen MR) is 123 cm³/mol. The van der Waals surface area contributed by atoms with Gasteiger partial charge in [-0.3, -0.25) is 4.79 Å².